The molecular formula is C27H27BrN4O2. The second kappa shape index (κ2) is 11.1. The van der Waals surface area contributed by atoms with Gasteiger partial charge in [-0.25, -0.2) is 0 Å². The van der Waals surface area contributed by atoms with Crippen LogP contribution < -0.4 is 11.1 Å². The summed E-state index contributed by atoms with van der Waals surface area (Å²) in [4.78, 5) is 27.8. The van der Waals surface area contributed by atoms with Gasteiger partial charge in [-0.3, -0.25) is 9.59 Å². The maximum Gasteiger partial charge on any atom is 0.256 e. The van der Waals surface area contributed by atoms with Crippen molar-refractivity contribution in [2.24, 2.45) is 11.1 Å². The van der Waals surface area contributed by atoms with Gasteiger partial charge in [-0.05, 0) is 82.0 Å². The van der Waals surface area contributed by atoms with E-state index in [0.29, 0.717) is 46.5 Å². The van der Waals surface area contributed by atoms with Gasteiger partial charge in [-0.2, -0.15) is 5.26 Å². The highest BCUT2D eigenvalue weighted by Gasteiger charge is 2.25. The van der Waals surface area contributed by atoms with Crippen molar-refractivity contribution < 1.29 is 9.59 Å². The molecule has 0 atom stereocenters. The van der Waals surface area contributed by atoms with E-state index in [1.807, 2.05) is 56.3 Å². The van der Waals surface area contributed by atoms with Crippen LogP contribution >= 0.6 is 15.9 Å². The number of nitriles is 1. The summed E-state index contributed by atoms with van der Waals surface area (Å²) in [5, 5.41) is 12.0. The summed E-state index contributed by atoms with van der Waals surface area (Å²) in [5.41, 5.74) is 8.72. The van der Waals surface area contributed by atoms with Gasteiger partial charge in [0, 0.05) is 28.8 Å². The van der Waals surface area contributed by atoms with Gasteiger partial charge in [-0.1, -0.05) is 38.1 Å². The van der Waals surface area contributed by atoms with Crippen LogP contribution in [0.5, 0.6) is 0 Å². The third-order valence-electron chi connectivity index (χ3n) is 5.40. The molecule has 3 aromatic carbocycles. The van der Waals surface area contributed by atoms with Crippen molar-refractivity contribution in [3.8, 4) is 6.07 Å². The number of hydrogen-bond acceptors (Lipinski definition) is 4. The molecule has 0 aromatic heterocycles. The van der Waals surface area contributed by atoms with Gasteiger partial charge >= 0.3 is 0 Å². The van der Waals surface area contributed by atoms with Crippen molar-refractivity contribution in [3.63, 3.8) is 0 Å². The molecule has 0 saturated carbocycles. The van der Waals surface area contributed by atoms with E-state index >= 15 is 0 Å². The summed E-state index contributed by atoms with van der Waals surface area (Å²) in [6.45, 7) is 5.25. The fourth-order valence-electron chi connectivity index (χ4n) is 3.46. The molecule has 2 amide bonds. The molecule has 0 aliphatic carbocycles. The van der Waals surface area contributed by atoms with E-state index in [-0.39, 0.29) is 17.2 Å². The highest BCUT2D eigenvalue weighted by Crippen LogP contribution is 2.22. The van der Waals surface area contributed by atoms with Crippen molar-refractivity contribution in [2.75, 3.05) is 18.4 Å². The Morgan fingerprint density at radius 1 is 1.06 bits per heavy atom. The molecule has 6 nitrogen and oxygen atoms in total. The molecule has 7 heteroatoms. The minimum absolute atomic E-state index is 0.145. The van der Waals surface area contributed by atoms with E-state index in [0.717, 1.165) is 5.56 Å². The van der Waals surface area contributed by atoms with Crippen molar-refractivity contribution in [1.29, 1.82) is 5.26 Å². The second-order valence-electron chi connectivity index (χ2n) is 8.85. The molecule has 0 bridgehead atoms. The van der Waals surface area contributed by atoms with Gasteiger partial charge in [-0.15, -0.1) is 0 Å². The summed E-state index contributed by atoms with van der Waals surface area (Å²) in [6.07, 6.45) is 0. The molecule has 0 saturated heterocycles. The van der Waals surface area contributed by atoms with Crippen molar-refractivity contribution in [3.05, 3.63) is 99.5 Å². The monoisotopic (exact) mass is 518 g/mol. The van der Waals surface area contributed by atoms with Crippen LogP contribution in [0, 0.1) is 16.7 Å². The highest BCUT2D eigenvalue weighted by molar-refractivity contribution is 9.10. The number of hydrogen-bond donors (Lipinski definition) is 2. The molecule has 0 unspecified atom stereocenters. The standard InChI is InChI=1S/C27H27BrN4O2/c1-27(2,17-30)18-32(26(34)21-12-10-19(15-29)11-13-21)16-20-6-5-7-22(14-20)31-25(33)23-8-3-4-9-24(23)28/h3-14H,16-18,30H2,1-2H3,(H,31,33). The molecule has 0 fully saturated rings. The van der Waals surface area contributed by atoms with Crippen LogP contribution in [0.15, 0.2) is 77.3 Å². The van der Waals surface area contributed by atoms with E-state index < -0.39 is 0 Å². The van der Waals surface area contributed by atoms with Gasteiger partial charge < -0.3 is 16.0 Å². The van der Waals surface area contributed by atoms with Crippen LogP contribution in [-0.2, 0) is 6.54 Å². The number of amides is 2. The molecule has 0 aliphatic rings. The van der Waals surface area contributed by atoms with Gasteiger partial charge in [0.2, 0.25) is 0 Å². The fourth-order valence-corrected chi connectivity index (χ4v) is 3.93. The zero-order valence-corrected chi connectivity index (χ0v) is 20.8. The molecule has 0 spiro atoms. The molecular weight excluding hydrogens is 492 g/mol. The van der Waals surface area contributed by atoms with Crippen molar-refractivity contribution in [1.82, 2.24) is 4.90 Å². The maximum absolute atomic E-state index is 13.4. The Bertz CT molecular complexity index is 1220. The van der Waals surface area contributed by atoms with Crippen molar-refractivity contribution in [2.45, 2.75) is 20.4 Å². The minimum Gasteiger partial charge on any atom is -0.334 e. The Kier molecular flexibility index (Phi) is 8.21. The van der Waals surface area contributed by atoms with Crippen molar-refractivity contribution >= 4 is 33.4 Å². The van der Waals surface area contributed by atoms with Crippen LogP contribution in [0.3, 0.4) is 0 Å². The number of rotatable bonds is 8. The smallest absolute Gasteiger partial charge is 0.256 e. The Morgan fingerprint density at radius 2 is 1.76 bits per heavy atom. The molecule has 3 rings (SSSR count). The summed E-state index contributed by atoms with van der Waals surface area (Å²) in [7, 11) is 0. The first kappa shape index (κ1) is 25.2. The third-order valence-corrected chi connectivity index (χ3v) is 6.09. The predicted octanol–water partition coefficient (Wildman–Crippen LogP) is 5.20. The first-order valence-corrected chi connectivity index (χ1v) is 11.7. The lowest BCUT2D eigenvalue weighted by atomic mass is 9.92. The molecule has 0 heterocycles. The van der Waals surface area contributed by atoms with Gasteiger partial charge in [0.15, 0.2) is 0 Å². The Balaban J connectivity index is 1.83. The topological polar surface area (TPSA) is 99.2 Å². The van der Waals surface area contributed by atoms with E-state index in [2.05, 4.69) is 27.3 Å². The predicted molar refractivity (Wildman–Crippen MR) is 137 cm³/mol. The number of benzene rings is 3. The second-order valence-corrected chi connectivity index (χ2v) is 9.71. The number of nitrogens with one attached hydrogen (secondary N) is 1. The fraction of sp³-hybridized carbons (Fsp3) is 0.222. The molecule has 3 aromatic rings. The van der Waals surface area contributed by atoms with Crippen LogP contribution in [0.2, 0.25) is 0 Å². The molecule has 34 heavy (non-hydrogen) atoms. The highest BCUT2D eigenvalue weighted by atomic mass is 79.9. The molecule has 0 aliphatic heterocycles. The quantitative estimate of drug-likeness (QED) is 0.427. The van der Waals surface area contributed by atoms with Gasteiger partial charge in [0.1, 0.15) is 0 Å². The van der Waals surface area contributed by atoms with Gasteiger partial charge in [0.25, 0.3) is 11.8 Å². The molecule has 0 radical (unpaired) electrons. The summed E-state index contributed by atoms with van der Waals surface area (Å²) in [5.74, 6) is -0.368. The Hall–Kier alpha value is -3.47. The van der Waals surface area contributed by atoms with E-state index in [4.69, 9.17) is 11.0 Å². The third kappa shape index (κ3) is 6.53. The Labute approximate surface area is 208 Å². The van der Waals surface area contributed by atoms with E-state index in [1.165, 1.54) is 0 Å². The minimum atomic E-state index is -0.284. The largest absolute Gasteiger partial charge is 0.334 e. The van der Waals surface area contributed by atoms with Crippen LogP contribution in [0.1, 0.15) is 45.7 Å². The lowest BCUT2D eigenvalue weighted by Crippen LogP contribution is -2.41. The number of carbonyl (C=O) groups excluding carboxylic acids is 2. The zero-order chi connectivity index (χ0) is 24.7. The number of nitrogens with two attached hydrogens (primary N) is 1. The lowest BCUT2D eigenvalue weighted by molar-refractivity contribution is 0.0673. The van der Waals surface area contributed by atoms with Crippen LogP contribution in [0.4, 0.5) is 5.69 Å². The lowest BCUT2D eigenvalue weighted by Gasteiger charge is -2.32. The number of halogens is 1. The summed E-state index contributed by atoms with van der Waals surface area (Å²) >= 11 is 3.41. The van der Waals surface area contributed by atoms with Crippen LogP contribution in [0.25, 0.3) is 0 Å². The Morgan fingerprint density at radius 3 is 2.41 bits per heavy atom. The number of nitrogens with zero attached hydrogens (tertiary/aromatic N) is 2. The first-order chi connectivity index (χ1) is 16.2. The van der Waals surface area contributed by atoms with Crippen LogP contribution in [-0.4, -0.2) is 29.8 Å². The molecule has 174 valence electrons. The zero-order valence-electron chi connectivity index (χ0n) is 19.2. The normalized spacial score (nSPS) is 10.9. The summed E-state index contributed by atoms with van der Waals surface area (Å²) in [6, 6.07) is 23.3. The average Bonchev–Trinajstić information content (AvgIpc) is 2.83. The number of carbonyl (C=O) groups is 2. The maximum atomic E-state index is 13.4. The SMILES string of the molecule is CC(C)(CN)CN(Cc1cccc(NC(=O)c2ccccc2Br)c1)C(=O)c1ccc(C#N)cc1. The van der Waals surface area contributed by atoms with E-state index in [9.17, 15) is 9.59 Å². The number of anilines is 1. The molecule has 3 N–H and O–H groups in total. The first-order valence-electron chi connectivity index (χ1n) is 10.9. The average molecular weight is 519 g/mol. The van der Waals surface area contributed by atoms with Gasteiger partial charge in [0.05, 0.1) is 17.2 Å². The summed E-state index contributed by atoms with van der Waals surface area (Å²) < 4.78 is 0.715. The van der Waals surface area contributed by atoms with E-state index in [1.54, 1.807) is 35.2 Å².